The molecule has 0 amide bonds. The molecule has 0 saturated heterocycles. The highest BCUT2D eigenvalue weighted by Gasteiger charge is 2.11. The number of benzene rings is 1. The number of hydrogen-bond acceptors (Lipinski definition) is 3. The van der Waals surface area contributed by atoms with Crippen LogP contribution in [0.2, 0.25) is 0 Å². The van der Waals surface area contributed by atoms with Gasteiger partial charge in [0.15, 0.2) is 0 Å². The zero-order chi connectivity index (χ0) is 10.7. The van der Waals surface area contributed by atoms with Gasteiger partial charge in [-0.25, -0.2) is 4.79 Å². The van der Waals surface area contributed by atoms with E-state index < -0.39 is 5.97 Å². The highest BCUT2D eigenvalue weighted by molar-refractivity contribution is 9.10. The fourth-order valence-corrected chi connectivity index (χ4v) is 1.69. The molecule has 0 bridgehead atoms. The van der Waals surface area contributed by atoms with Crippen LogP contribution >= 0.6 is 15.9 Å². The van der Waals surface area contributed by atoms with Gasteiger partial charge in [-0.3, -0.25) is 0 Å². The number of carboxylic acid groups (broad SMARTS) is 1. The van der Waals surface area contributed by atoms with Crippen LogP contribution in [-0.2, 0) is 6.54 Å². The maximum absolute atomic E-state index is 10.7. The highest BCUT2D eigenvalue weighted by Crippen LogP contribution is 2.22. The molecule has 3 N–H and O–H groups in total. The average molecular weight is 255 g/mol. The maximum Gasteiger partial charge on any atom is 0.335 e. The third kappa shape index (κ3) is 1.92. The van der Waals surface area contributed by atoms with E-state index in [1.54, 1.807) is 0 Å². The molecular formula is C9H7BrN2O2. The van der Waals surface area contributed by atoms with Gasteiger partial charge in [-0.2, -0.15) is 5.26 Å². The Morgan fingerprint density at radius 2 is 2.29 bits per heavy atom. The number of carbonyl (C=O) groups is 1. The summed E-state index contributed by atoms with van der Waals surface area (Å²) in [4.78, 5) is 10.7. The lowest BCUT2D eigenvalue weighted by Crippen LogP contribution is -2.04. The van der Waals surface area contributed by atoms with Gasteiger partial charge in [0.25, 0.3) is 0 Å². The molecule has 0 aliphatic carbocycles. The van der Waals surface area contributed by atoms with Gasteiger partial charge < -0.3 is 10.8 Å². The summed E-state index contributed by atoms with van der Waals surface area (Å²) in [6.07, 6.45) is 0. The number of nitriles is 1. The van der Waals surface area contributed by atoms with E-state index >= 15 is 0 Å². The van der Waals surface area contributed by atoms with Crippen molar-refractivity contribution in [3.05, 3.63) is 33.3 Å². The van der Waals surface area contributed by atoms with E-state index in [0.717, 1.165) is 0 Å². The summed E-state index contributed by atoms with van der Waals surface area (Å²) in [5.74, 6) is -1.06. The van der Waals surface area contributed by atoms with Crippen LogP contribution in [0.1, 0.15) is 21.5 Å². The molecule has 0 aromatic heterocycles. The van der Waals surface area contributed by atoms with E-state index in [9.17, 15) is 4.79 Å². The van der Waals surface area contributed by atoms with Crippen LogP contribution in [0.4, 0.5) is 0 Å². The van der Waals surface area contributed by atoms with Gasteiger partial charge in [0.05, 0.1) is 17.2 Å². The van der Waals surface area contributed by atoms with Gasteiger partial charge in [0.1, 0.15) is 0 Å². The van der Waals surface area contributed by atoms with Crippen molar-refractivity contribution < 1.29 is 9.90 Å². The van der Waals surface area contributed by atoms with Gasteiger partial charge in [-0.15, -0.1) is 0 Å². The quantitative estimate of drug-likeness (QED) is 0.837. The molecule has 1 aromatic carbocycles. The lowest BCUT2D eigenvalue weighted by Gasteiger charge is -2.05. The molecule has 1 rings (SSSR count). The number of aromatic carboxylic acids is 1. The van der Waals surface area contributed by atoms with Crippen molar-refractivity contribution in [3.63, 3.8) is 0 Å². The highest BCUT2D eigenvalue weighted by atomic mass is 79.9. The molecule has 0 radical (unpaired) electrons. The minimum absolute atomic E-state index is 0.0747. The van der Waals surface area contributed by atoms with E-state index in [-0.39, 0.29) is 12.1 Å². The maximum atomic E-state index is 10.7. The topological polar surface area (TPSA) is 87.1 Å². The van der Waals surface area contributed by atoms with E-state index in [1.165, 1.54) is 12.1 Å². The van der Waals surface area contributed by atoms with Crippen LogP contribution in [0, 0.1) is 11.3 Å². The molecular weight excluding hydrogens is 248 g/mol. The molecule has 0 heterocycles. The largest absolute Gasteiger partial charge is 0.478 e. The first-order valence-electron chi connectivity index (χ1n) is 3.76. The molecule has 0 aliphatic rings. The SMILES string of the molecule is N#Cc1cc(C(=O)O)cc(Br)c1CN. The van der Waals surface area contributed by atoms with Crippen LogP contribution < -0.4 is 5.73 Å². The van der Waals surface area contributed by atoms with Crippen LogP contribution in [-0.4, -0.2) is 11.1 Å². The first-order valence-corrected chi connectivity index (χ1v) is 4.55. The summed E-state index contributed by atoms with van der Waals surface area (Å²) in [6, 6.07) is 4.66. The van der Waals surface area contributed by atoms with Crippen molar-refractivity contribution in [1.29, 1.82) is 5.26 Å². The molecule has 14 heavy (non-hydrogen) atoms. The normalized spacial score (nSPS) is 9.50. The first-order chi connectivity index (χ1) is 6.60. The number of nitrogens with zero attached hydrogens (tertiary/aromatic N) is 1. The lowest BCUT2D eigenvalue weighted by molar-refractivity contribution is 0.0696. The van der Waals surface area contributed by atoms with E-state index in [2.05, 4.69) is 15.9 Å². The van der Waals surface area contributed by atoms with Crippen LogP contribution in [0.5, 0.6) is 0 Å². The molecule has 0 spiro atoms. The van der Waals surface area contributed by atoms with Gasteiger partial charge >= 0.3 is 5.97 Å². The monoisotopic (exact) mass is 254 g/mol. The van der Waals surface area contributed by atoms with E-state index in [1.807, 2.05) is 6.07 Å². The van der Waals surface area contributed by atoms with Gasteiger partial charge in [0, 0.05) is 11.0 Å². The predicted molar refractivity (Wildman–Crippen MR) is 53.7 cm³/mol. The summed E-state index contributed by atoms with van der Waals surface area (Å²) in [6.45, 7) is 0.198. The Kier molecular flexibility index (Phi) is 3.23. The Balaban J connectivity index is 3.41. The predicted octanol–water partition coefficient (Wildman–Crippen LogP) is 1.48. The van der Waals surface area contributed by atoms with Gasteiger partial charge in [-0.05, 0) is 17.7 Å². The second kappa shape index (κ2) is 4.22. The molecule has 5 heteroatoms. The Morgan fingerprint density at radius 1 is 1.64 bits per heavy atom. The zero-order valence-corrected chi connectivity index (χ0v) is 8.71. The number of halogens is 1. The zero-order valence-electron chi connectivity index (χ0n) is 7.12. The van der Waals surface area contributed by atoms with Crippen molar-refractivity contribution in [2.45, 2.75) is 6.54 Å². The smallest absolute Gasteiger partial charge is 0.335 e. The fraction of sp³-hybridized carbons (Fsp3) is 0.111. The number of nitrogens with two attached hydrogens (primary N) is 1. The minimum Gasteiger partial charge on any atom is -0.478 e. The third-order valence-corrected chi connectivity index (χ3v) is 2.47. The van der Waals surface area contributed by atoms with Gasteiger partial charge in [0.2, 0.25) is 0 Å². The summed E-state index contributed by atoms with van der Waals surface area (Å²) in [5, 5.41) is 17.5. The van der Waals surface area contributed by atoms with E-state index in [0.29, 0.717) is 15.6 Å². The lowest BCUT2D eigenvalue weighted by atomic mass is 10.1. The average Bonchev–Trinajstić information content (AvgIpc) is 2.16. The Hall–Kier alpha value is -1.38. The van der Waals surface area contributed by atoms with Crippen LogP contribution in [0.15, 0.2) is 16.6 Å². The van der Waals surface area contributed by atoms with Gasteiger partial charge in [-0.1, -0.05) is 15.9 Å². The minimum atomic E-state index is -1.06. The molecule has 72 valence electrons. The summed E-state index contributed by atoms with van der Waals surface area (Å²) < 4.78 is 0.552. The van der Waals surface area contributed by atoms with Crippen LogP contribution in [0.3, 0.4) is 0 Å². The molecule has 1 aromatic rings. The summed E-state index contributed by atoms with van der Waals surface area (Å²) >= 11 is 3.17. The fourth-order valence-electron chi connectivity index (χ4n) is 1.07. The molecule has 0 unspecified atom stereocenters. The van der Waals surface area contributed by atoms with Crippen LogP contribution in [0.25, 0.3) is 0 Å². The van der Waals surface area contributed by atoms with Crippen molar-refractivity contribution in [3.8, 4) is 6.07 Å². The van der Waals surface area contributed by atoms with Crippen molar-refractivity contribution in [2.75, 3.05) is 0 Å². The molecule has 0 fully saturated rings. The number of carboxylic acids is 1. The standard InChI is InChI=1S/C9H7BrN2O2/c10-8-2-5(9(13)14)1-6(3-11)7(8)4-12/h1-2H,4,12H2,(H,13,14). The Labute approximate surface area is 89.1 Å². The number of hydrogen-bond donors (Lipinski definition) is 2. The van der Waals surface area contributed by atoms with Crippen molar-refractivity contribution in [2.24, 2.45) is 5.73 Å². The summed E-state index contributed by atoms with van der Waals surface area (Å²) in [7, 11) is 0. The van der Waals surface area contributed by atoms with E-state index in [4.69, 9.17) is 16.1 Å². The third-order valence-electron chi connectivity index (χ3n) is 1.77. The molecule has 0 saturated carbocycles. The molecule has 0 aliphatic heterocycles. The first kappa shape index (κ1) is 10.7. The van der Waals surface area contributed by atoms with Crippen molar-refractivity contribution in [1.82, 2.24) is 0 Å². The summed E-state index contributed by atoms with van der Waals surface area (Å²) in [5.41, 5.74) is 6.41. The Morgan fingerprint density at radius 3 is 2.71 bits per heavy atom. The second-order valence-corrected chi connectivity index (χ2v) is 3.46. The molecule has 0 atom stereocenters. The molecule has 4 nitrogen and oxygen atoms in total. The van der Waals surface area contributed by atoms with Crippen molar-refractivity contribution >= 4 is 21.9 Å². The number of rotatable bonds is 2. The Bertz CT molecular complexity index is 424. The second-order valence-electron chi connectivity index (χ2n) is 2.61.